The molecular weight excluding hydrogens is 1300 g/mol. The number of hydrogen-bond acceptors (Lipinski definition) is 2. The number of hydrogen-bond donors (Lipinski definition) is 0. The van der Waals surface area contributed by atoms with E-state index in [1.165, 1.54) is 120 Å². The lowest BCUT2D eigenvalue weighted by atomic mass is 9.11. The summed E-state index contributed by atoms with van der Waals surface area (Å²) in [6.45, 7) is 1.09. The van der Waals surface area contributed by atoms with Crippen LogP contribution in [0.5, 0.6) is 0 Å². The molecule has 0 bridgehead atoms. The molecule has 12 heteroatoms. The number of benzene rings is 14. The van der Waals surface area contributed by atoms with E-state index >= 15 is 0 Å². The van der Waals surface area contributed by atoms with Gasteiger partial charge in [0.15, 0.2) is 0 Å². The Balaban J connectivity index is 0.000000188. The first-order chi connectivity index (χ1) is 47.6. The van der Waals surface area contributed by atoms with Gasteiger partial charge in [-0.3, -0.25) is 0 Å². The lowest BCUT2D eigenvalue weighted by molar-refractivity contribution is 1.28. The molecule has 6 heterocycles. The van der Waals surface area contributed by atoms with Crippen LogP contribution >= 0.6 is 31.5 Å². The third kappa shape index (κ3) is 9.45. The van der Waals surface area contributed by atoms with Gasteiger partial charge in [-0.25, -0.2) is 0 Å². The maximum atomic E-state index is 4.04. The van der Waals surface area contributed by atoms with Crippen molar-refractivity contribution in [2.75, 3.05) is 9.80 Å². The van der Waals surface area contributed by atoms with Crippen molar-refractivity contribution in [1.29, 1.82) is 0 Å². The fourth-order valence-electron chi connectivity index (χ4n) is 17.9. The molecule has 0 fully saturated rings. The number of halogens is 2. The summed E-state index contributed by atoms with van der Waals surface area (Å²) in [6, 6.07) is 126. The molecule has 97 heavy (non-hydrogen) atoms. The zero-order chi connectivity index (χ0) is 63.5. The van der Waals surface area contributed by atoms with Crippen molar-refractivity contribution < 1.29 is 1.43 Å². The first-order valence-electron chi connectivity index (χ1n) is 33.7. The molecule has 0 saturated carbocycles. The Bertz CT molecular complexity index is 4950. The summed E-state index contributed by atoms with van der Waals surface area (Å²) < 4.78 is 0. The minimum atomic E-state index is 0. The highest BCUT2D eigenvalue weighted by Gasteiger charge is 2.51. The average molecular weight is 1360 g/mol. The smallest absolute Gasteiger partial charge is 0.286 e. The van der Waals surface area contributed by atoms with Gasteiger partial charge in [-0.2, -0.15) is 0 Å². The van der Waals surface area contributed by atoms with E-state index < -0.39 is 0 Å². The molecule has 0 N–H and O–H groups in total. The molecule has 2 nitrogen and oxygen atoms in total. The molecule has 14 aromatic carbocycles. The lowest BCUT2D eigenvalue weighted by Crippen LogP contribution is -2.89. The van der Waals surface area contributed by atoms with Crippen molar-refractivity contribution >= 4 is 237 Å². The second kappa shape index (κ2) is 24.4. The molecule has 0 aromatic heterocycles. The van der Waals surface area contributed by atoms with Crippen LogP contribution in [0, 0.1) is 0 Å². The van der Waals surface area contributed by atoms with Crippen LogP contribution in [0.25, 0.3) is 0 Å². The number of anilines is 6. The molecule has 0 unspecified atom stereocenters. The van der Waals surface area contributed by atoms with E-state index in [-0.39, 0.29) is 46.8 Å². The molecular formula is C85H62B8Br2N2. The van der Waals surface area contributed by atoms with Gasteiger partial charge in [0.05, 0.1) is 0 Å². The zero-order valence-corrected chi connectivity index (χ0v) is 55.8. The highest BCUT2D eigenvalue weighted by molar-refractivity contribution is 9.25. The van der Waals surface area contributed by atoms with Crippen LogP contribution in [-0.2, 0) is 0 Å². The summed E-state index contributed by atoms with van der Waals surface area (Å²) in [7, 11) is 0. The first-order valence-corrected chi connectivity index (χ1v) is 35.5. The maximum absolute atomic E-state index is 4.04. The Kier molecular flexibility index (Phi) is 15.0. The van der Waals surface area contributed by atoms with E-state index in [4.69, 9.17) is 0 Å². The van der Waals surface area contributed by atoms with Crippen LogP contribution in [0.3, 0.4) is 0 Å². The van der Waals surface area contributed by atoms with Gasteiger partial charge in [0.2, 0.25) is 40.3 Å². The van der Waals surface area contributed by atoms with Crippen molar-refractivity contribution in [3.63, 3.8) is 0 Å². The molecule has 6 aliphatic rings. The molecule has 14 aromatic rings. The largest absolute Gasteiger partial charge is 0.311 e. The Labute approximate surface area is 591 Å². The summed E-state index contributed by atoms with van der Waals surface area (Å²) in [6.07, 6.45) is 0. The number of para-hydroxylation sites is 4. The minimum absolute atomic E-state index is 0. The van der Waals surface area contributed by atoms with Gasteiger partial charge >= 0.3 is 0 Å². The lowest BCUT2D eigenvalue weighted by Gasteiger charge is -2.43. The van der Waals surface area contributed by atoms with Crippen molar-refractivity contribution in [3.8, 4) is 0 Å². The van der Waals surface area contributed by atoms with Gasteiger partial charge in [-0.05, 0) is 72.8 Å². The van der Waals surface area contributed by atoms with E-state index in [2.05, 4.69) is 381 Å². The van der Waals surface area contributed by atoms with Gasteiger partial charge in [-0.15, -0.1) is 31.5 Å². The van der Waals surface area contributed by atoms with E-state index in [9.17, 15) is 0 Å². The average Bonchev–Trinajstić information content (AvgIpc) is 0.696. The van der Waals surface area contributed by atoms with E-state index in [0.717, 1.165) is 34.1 Å². The Hall–Kier alpha value is -9.84. The first kappa shape index (κ1) is 59.6. The molecule has 450 valence electrons. The van der Waals surface area contributed by atoms with Crippen molar-refractivity contribution in [1.82, 2.24) is 0 Å². The van der Waals surface area contributed by atoms with Crippen LogP contribution in [0.1, 0.15) is 8.85 Å². The van der Waals surface area contributed by atoms with Crippen LogP contribution in [0.4, 0.5) is 34.1 Å². The molecule has 20 rings (SSSR count). The highest BCUT2D eigenvalue weighted by Crippen LogP contribution is 2.35. The number of rotatable bonds is 8. The van der Waals surface area contributed by atoms with Gasteiger partial charge in [-0.1, -0.05) is 395 Å². The van der Waals surface area contributed by atoms with Crippen molar-refractivity contribution in [3.05, 3.63) is 340 Å². The Morgan fingerprint density at radius 1 is 0.175 bits per heavy atom. The maximum Gasteiger partial charge on any atom is 0.286 e. The highest BCUT2D eigenvalue weighted by atomic mass is 79.9. The summed E-state index contributed by atoms with van der Waals surface area (Å²) in [5.74, 6) is 0. The predicted octanol–water partition coefficient (Wildman–Crippen LogP) is 5.17. The number of fused-ring (bicyclic) bond motifs is 12. The molecule has 0 spiro atoms. The summed E-state index contributed by atoms with van der Waals surface area (Å²) in [5, 5.41) is 0. The Morgan fingerprint density at radius 2 is 0.361 bits per heavy atom. The monoisotopic (exact) mass is 1360 g/mol. The SMILES string of the molecule is BrB1c2ccccc2B2c3cccc4c3B(c3ccccc3B4Br)c3cccc1c32.C.[2HH].c1ccc(N(c2ccccc2)c2ccc(B3c4ccccc4B4c5cccc6c5B(c5ccccc5B6c5ccc(N(c6ccccc6)c6ccccc6)cc5)c5cccc3c54)cc2)cc1. The topological polar surface area (TPSA) is 6.48 Å². The van der Waals surface area contributed by atoms with Crippen molar-refractivity contribution in [2.24, 2.45) is 0 Å². The molecule has 0 atom stereocenters. The second-order valence-electron chi connectivity index (χ2n) is 26.4. The van der Waals surface area contributed by atoms with Crippen LogP contribution in [0.2, 0.25) is 0 Å². The molecule has 0 aliphatic carbocycles. The third-order valence-corrected chi connectivity index (χ3v) is 23.7. The molecule has 0 amide bonds. The van der Waals surface area contributed by atoms with Crippen molar-refractivity contribution in [2.45, 2.75) is 7.43 Å². The van der Waals surface area contributed by atoms with E-state index in [1.807, 2.05) is 0 Å². The van der Waals surface area contributed by atoms with Gasteiger partial charge in [0, 0.05) is 35.6 Å². The van der Waals surface area contributed by atoms with Crippen LogP contribution in [-0.4, -0.2) is 51.4 Å². The van der Waals surface area contributed by atoms with E-state index in [0.29, 0.717) is 13.4 Å². The fourth-order valence-corrected chi connectivity index (χ4v) is 19.5. The normalized spacial score (nSPS) is 13.2. The minimum Gasteiger partial charge on any atom is -0.311 e. The van der Waals surface area contributed by atoms with Gasteiger partial charge < -0.3 is 9.80 Å². The fraction of sp³-hybridized carbons (Fsp3) is 0.0118. The van der Waals surface area contributed by atoms with Crippen LogP contribution in [0.15, 0.2) is 340 Å². The molecule has 6 aliphatic heterocycles. The summed E-state index contributed by atoms with van der Waals surface area (Å²) >= 11 is 8.09. The quantitative estimate of drug-likeness (QED) is 0.194. The number of nitrogens with zero attached hydrogens (tertiary/aromatic N) is 2. The second-order valence-corrected chi connectivity index (χ2v) is 28.3. The standard InChI is InChI=1S/C60H42B4N2.C24H14B4Br2.CH4.H2/c1-5-19-45(20-6-1)65(46-21-7-2-8-22-46)49-39-35-43(36-40-49)61-51-27-13-15-29-53(51)63-58-34-18-32-56-60(58)64(57-33-17-31-55(61)59(57)63)54-30-16-14-28-52(54)62(56)44-37-41-50(42-38-44)66(47-23-9-3-10-24-47)48-25-11-4-12-26-48;29-27-17-9-3-1-7-15(17)25-19-11-5-14-22-24(19)26(20-12-6-13-21(27)23(20)25)16-8-2-4-10-18(16)28(22)30;;/h1-42H;1-14H;1H4;1H/i;;;1+1. The van der Waals surface area contributed by atoms with Gasteiger partial charge in [0.1, 0.15) is 0 Å². The summed E-state index contributed by atoms with van der Waals surface area (Å²) in [5.41, 5.74) is 38.7. The molecule has 0 saturated heterocycles. The predicted molar refractivity (Wildman–Crippen MR) is 438 cm³/mol. The third-order valence-electron chi connectivity index (χ3n) is 21.7. The summed E-state index contributed by atoms with van der Waals surface area (Å²) in [4.78, 5) is 4.69. The van der Waals surface area contributed by atoms with E-state index in [1.54, 1.807) is 0 Å². The Morgan fingerprint density at radius 3 is 0.639 bits per heavy atom. The zero-order valence-electron chi connectivity index (χ0n) is 52.6. The van der Waals surface area contributed by atoms with Gasteiger partial charge in [0.25, 0.3) is 11.1 Å². The molecule has 0 radical (unpaired) electrons. The van der Waals surface area contributed by atoms with Crippen LogP contribution < -0.4 is 130 Å².